The van der Waals surface area contributed by atoms with E-state index in [-0.39, 0.29) is 0 Å². The molecule has 3 heteroatoms. The summed E-state index contributed by atoms with van der Waals surface area (Å²) in [6, 6.07) is 12.0. The predicted octanol–water partition coefficient (Wildman–Crippen LogP) is 2.09. The maximum atomic E-state index is 4.12. The Morgan fingerprint density at radius 3 is 2.64 bits per heavy atom. The second-order valence-corrected chi connectivity index (χ2v) is 2.92. The van der Waals surface area contributed by atoms with E-state index in [1.54, 1.807) is 12.5 Å². The second-order valence-electron chi connectivity index (χ2n) is 2.92. The molecule has 0 spiro atoms. The van der Waals surface area contributed by atoms with Gasteiger partial charge in [0, 0.05) is 11.9 Å². The van der Waals surface area contributed by atoms with Crippen LogP contribution in [0, 0.1) is 0 Å². The third-order valence-electron chi connectivity index (χ3n) is 1.89. The molecule has 1 N–H and O–H groups in total. The van der Waals surface area contributed by atoms with Crippen molar-refractivity contribution in [2.45, 2.75) is 6.54 Å². The molecule has 3 nitrogen and oxygen atoms in total. The van der Waals surface area contributed by atoms with E-state index in [0.29, 0.717) is 0 Å². The van der Waals surface area contributed by atoms with Crippen LogP contribution >= 0.6 is 0 Å². The summed E-state index contributed by atoms with van der Waals surface area (Å²) in [5.74, 6) is 0. The van der Waals surface area contributed by atoms with Crippen LogP contribution in [0.2, 0.25) is 0 Å². The van der Waals surface area contributed by atoms with Crippen molar-refractivity contribution in [2.24, 2.45) is 0 Å². The average molecular weight is 185 g/mol. The van der Waals surface area contributed by atoms with Crippen molar-refractivity contribution in [3.8, 4) is 0 Å². The van der Waals surface area contributed by atoms with E-state index in [0.717, 1.165) is 17.9 Å². The van der Waals surface area contributed by atoms with Crippen LogP contribution in [0.3, 0.4) is 0 Å². The van der Waals surface area contributed by atoms with Gasteiger partial charge in [0.15, 0.2) is 0 Å². The van der Waals surface area contributed by atoms with Gasteiger partial charge in [-0.3, -0.25) is 0 Å². The van der Waals surface area contributed by atoms with Crippen molar-refractivity contribution in [3.05, 3.63) is 54.6 Å². The van der Waals surface area contributed by atoms with E-state index < -0.39 is 0 Å². The van der Waals surface area contributed by atoms with Crippen LogP contribution < -0.4 is 5.32 Å². The number of benzene rings is 1. The number of aromatic nitrogens is 2. The summed E-state index contributed by atoms with van der Waals surface area (Å²) >= 11 is 0. The number of nitrogens with one attached hydrogen (secondary N) is 1. The van der Waals surface area contributed by atoms with E-state index in [2.05, 4.69) is 15.3 Å². The molecule has 1 aromatic carbocycles. The average Bonchev–Trinajstić information content (AvgIpc) is 2.29. The zero-order valence-corrected chi connectivity index (χ0v) is 7.72. The Bertz CT molecular complexity index is 333. The maximum Gasteiger partial charge on any atom is 0.115 e. The SMILES string of the molecule is c1ccc(NCc2ccncn2)cc1. The van der Waals surface area contributed by atoms with E-state index in [1.807, 2.05) is 36.4 Å². The lowest BCUT2D eigenvalue weighted by atomic mass is 10.3. The third kappa shape index (κ3) is 2.29. The van der Waals surface area contributed by atoms with Crippen LogP contribution in [0.5, 0.6) is 0 Å². The van der Waals surface area contributed by atoms with Gasteiger partial charge in [-0.2, -0.15) is 0 Å². The van der Waals surface area contributed by atoms with Gasteiger partial charge in [0.25, 0.3) is 0 Å². The quantitative estimate of drug-likeness (QED) is 0.795. The van der Waals surface area contributed by atoms with Crippen LogP contribution in [-0.4, -0.2) is 9.97 Å². The largest absolute Gasteiger partial charge is 0.379 e. The molecule has 0 amide bonds. The summed E-state index contributed by atoms with van der Waals surface area (Å²) in [5.41, 5.74) is 2.09. The molecule has 0 atom stereocenters. The van der Waals surface area contributed by atoms with Crippen LogP contribution in [0.15, 0.2) is 48.9 Å². The zero-order chi connectivity index (χ0) is 9.64. The molecule has 0 aliphatic heterocycles. The van der Waals surface area contributed by atoms with Crippen molar-refractivity contribution in [1.29, 1.82) is 0 Å². The van der Waals surface area contributed by atoms with Crippen LogP contribution in [0.25, 0.3) is 0 Å². The lowest BCUT2D eigenvalue weighted by Crippen LogP contribution is -2.00. The van der Waals surface area contributed by atoms with Gasteiger partial charge < -0.3 is 5.32 Å². The molecule has 2 aromatic rings. The van der Waals surface area contributed by atoms with Crippen molar-refractivity contribution >= 4 is 5.69 Å². The predicted molar refractivity (Wildman–Crippen MR) is 55.8 cm³/mol. The first kappa shape index (κ1) is 8.69. The van der Waals surface area contributed by atoms with Gasteiger partial charge in [-0.15, -0.1) is 0 Å². The lowest BCUT2D eigenvalue weighted by Gasteiger charge is -2.04. The minimum atomic E-state index is 0.729. The topological polar surface area (TPSA) is 37.8 Å². The Hall–Kier alpha value is -1.90. The minimum absolute atomic E-state index is 0.729. The minimum Gasteiger partial charge on any atom is -0.379 e. The van der Waals surface area contributed by atoms with Gasteiger partial charge in [0.2, 0.25) is 0 Å². The summed E-state index contributed by atoms with van der Waals surface area (Å²) in [4.78, 5) is 7.98. The van der Waals surface area contributed by atoms with Gasteiger partial charge in [0.1, 0.15) is 6.33 Å². The van der Waals surface area contributed by atoms with Gasteiger partial charge >= 0.3 is 0 Å². The molecule has 14 heavy (non-hydrogen) atoms. The number of nitrogens with zero attached hydrogens (tertiary/aromatic N) is 2. The highest BCUT2D eigenvalue weighted by molar-refractivity contribution is 5.42. The molecule has 2 rings (SSSR count). The van der Waals surface area contributed by atoms with E-state index in [1.165, 1.54) is 0 Å². The highest BCUT2D eigenvalue weighted by Gasteiger charge is 1.92. The monoisotopic (exact) mass is 185 g/mol. The maximum absolute atomic E-state index is 4.12. The van der Waals surface area contributed by atoms with Crippen molar-refractivity contribution in [3.63, 3.8) is 0 Å². The molecule has 0 radical (unpaired) electrons. The summed E-state index contributed by atoms with van der Waals surface area (Å²) < 4.78 is 0. The first-order chi connectivity index (χ1) is 6.95. The molecule has 0 aliphatic rings. The van der Waals surface area contributed by atoms with Crippen LogP contribution in [0.4, 0.5) is 5.69 Å². The Morgan fingerprint density at radius 2 is 1.93 bits per heavy atom. The third-order valence-corrected chi connectivity index (χ3v) is 1.89. The van der Waals surface area contributed by atoms with Crippen molar-refractivity contribution in [2.75, 3.05) is 5.32 Å². The van der Waals surface area contributed by atoms with Gasteiger partial charge in [-0.1, -0.05) is 18.2 Å². The standard InChI is InChI=1S/C11H11N3/c1-2-4-10(5-3-1)13-8-11-6-7-12-9-14-11/h1-7,9,13H,8H2. The van der Waals surface area contributed by atoms with E-state index >= 15 is 0 Å². The highest BCUT2D eigenvalue weighted by atomic mass is 14.9. The Balaban J connectivity index is 1.96. The number of rotatable bonds is 3. The van der Waals surface area contributed by atoms with Gasteiger partial charge in [-0.05, 0) is 18.2 Å². The molecular formula is C11H11N3. The number of para-hydroxylation sites is 1. The smallest absolute Gasteiger partial charge is 0.115 e. The van der Waals surface area contributed by atoms with Crippen LogP contribution in [0.1, 0.15) is 5.69 Å². The summed E-state index contributed by atoms with van der Waals surface area (Å²) in [6.07, 6.45) is 3.30. The fourth-order valence-corrected chi connectivity index (χ4v) is 1.17. The normalized spacial score (nSPS) is 9.71. The molecule has 0 saturated heterocycles. The molecule has 0 aliphatic carbocycles. The molecular weight excluding hydrogens is 174 g/mol. The zero-order valence-electron chi connectivity index (χ0n) is 7.72. The van der Waals surface area contributed by atoms with Crippen molar-refractivity contribution in [1.82, 2.24) is 9.97 Å². The Morgan fingerprint density at radius 1 is 1.07 bits per heavy atom. The lowest BCUT2D eigenvalue weighted by molar-refractivity contribution is 1.01. The molecule has 70 valence electrons. The fourth-order valence-electron chi connectivity index (χ4n) is 1.17. The second kappa shape index (κ2) is 4.37. The number of hydrogen-bond acceptors (Lipinski definition) is 3. The molecule has 0 fully saturated rings. The molecule has 1 heterocycles. The van der Waals surface area contributed by atoms with E-state index in [9.17, 15) is 0 Å². The molecule has 0 saturated carbocycles. The van der Waals surface area contributed by atoms with Gasteiger partial charge in [-0.25, -0.2) is 9.97 Å². The number of hydrogen-bond donors (Lipinski definition) is 1. The highest BCUT2D eigenvalue weighted by Crippen LogP contribution is 2.06. The van der Waals surface area contributed by atoms with Gasteiger partial charge in [0.05, 0.1) is 12.2 Å². The van der Waals surface area contributed by atoms with Crippen molar-refractivity contribution < 1.29 is 0 Å². The Labute approximate surface area is 82.8 Å². The van der Waals surface area contributed by atoms with Crippen LogP contribution in [-0.2, 0) is 6.54 Å². The molecule has 1 aromatic heterocycles. The summed E-state index contributed by atoms with van der Waals surface area (Å²) in [6.45, 7) is 0.729. The first-order valence-corrected chi connectivity index (χ1v) is 4.49. The number of anilines is 1. The van der Waals surface area contributed by atoms with E-state index in [4.69, 9.17) is 0 Å². The molecule has 0 bridgehead atoms. The summed E-state index contributed by atoms with van der Waals surface area (Å²) in [7, 11) is 0. The fraction of sp³-hybridized carbons (Fsp3) is 0.0909. The first-order valence-electron chi connectivity index (χ1n) is 4.49. The summed E-state index contributed by atoms with van der Waals surface area (Å²) in [5, 5.41) is 3.27. The Kier molecular flexibility index (Phi) is 2.71. The molecule has 0 unspecified atom stereocenters.